The van der Waals surface area contributed by atoms with Crippen LogP contribution in [0.4, 0.5) is 5.69 Å². The lowest BCUT2D eigenvalue weighted by Crippen LogP contribution is -2.15. The highest BCUT2D eigenvalue weighted by molar-refractivity contribution is 6.32. The summed E-state index contributed by atoms with van der Waals surface area (Å²) in [4.78, 5) is 17.1. The van der Waals surface area contributed by atoms with E-state index in [4.69, 9.17) is 20.8 Å². The van der Waals surface area contributed by atoms with Crippen LogP contribution < -0.4 is 10.1 Å². The Labute approximate surface area is 163 Å². The first-order chi connectivity index (χ1) is 13.1. The summed E-state index contributed by atoms with van der Waals surface area (Å²) >= 11 is 6.11. The number of carbonyl (C=O) groups excluding carboxylic acids is 1. The number of nitrogens with one attached hydrogen (secondary N) is 1. The molecule has 5 nitrogen and oxygen atoms in total. The molecule has 1 aromatic heterocycles. The lowest BCUT2D eigenvalue weighted by atomic mass is 10.2. The molecule has 0 radical (unpaired) electrons. The Balaban J connectivity index is 1.76. The van der Waals surface area contributed by atoms with Crippen LogP contribution in [-0.4, -0.2) is 18.0 Å². The van der Waals surface area contributed by atoms with Gasteiger partial charge >= 0.3 is 0 Å². The van der Waals surface area contributed by atoms with Gasteiger partial charge in [0.1, 0.15) is 11.5 Å². The fraction of sp³-hybridized carbons (Fsp3) is 0.238. The summed E-state index contributed by atoms with van der Waals surface area (Å²) in [5, 5.41) is 3.27. The number of nitrogens with zero attached hydrogens (tertiary/aromatic N) is 1. The summed E-state index contributed by atoms with van der Waals surface area (Å²) in [6.07, 6.45) is 1.79. The minimum absolute atomic E-state index is 0.110. The van der Waals surface area contributed by atoms with Gasteiger partial charge in [-0.25, -0.2) is 4.98 Å². The summed E-state index contributed by atoms with van der Waals surface area (Å²) in [6.45, 7) is 2.07. The maximum absolute atomic E-state index is 12.5. The average Bonchev–Trinajstić information content (AvgIpc) is 3.05. The van der Waals surface area contributed by atoms with Crippen LogP contribution >= 0.6 is 11.6 Å². The van der Waals surface area contributed by atoms with Crippen LogP contribution in [0.5, 0.6) is 5.75 Å². The second-order valence-corrected chi connectivity index (χ2v) is 6.49. The zero-order valence-electron chi connectivity index (χ0n) is 15.3. The fourth-order valence-corrected chi connectivity index (χ4v) is 3.01. The van der Waals surface area contributed by atoms with E-state index in [2.05, 4.69) is 17.2 Å². The number of carbonyl (C=O) groups is 1. The van der Waals surface area contributed by atoms with Gasteiger partial charge in [0.2, 0.25) is 11.8 Å². The Morgan fingerprint density at radius 1 is 1.22 bits per heavy atom. The Kier molecular flexibility index (Phi) is 6.14. The normalized spacial score (nSPS) is 10.6. The van der Waals surface area contributed by atoms with Gasteiger partial charge in [-0.2, -0.15) is 0 Å². The standard InChI is InChI=1S/C21H21ClN2O3/c1-3-7-17-19(27-21(24-17)14-8-5-4-6-9-14)13-20(25)23-15-10-11-18(26-2)16(22)12-15/h4-6,8-12H,3,7,13H2,1-2H3,(H,23,25). The molecule has 0 aliphatic heterocycles. The topological polar surface area (TPSA) is 64.4 Å². The third-order valence-corrected chi connectivity index (χ3v) is 4.34. The highest BCUT2D eigenvalue weighted by Gasteiger charge is 2.17. The molecule has 2 aromatic carbocycles. The van der Waals surface area contributed by atoms with E-state index >= 15 is 0 Å². The van der Waals surface area contributed by atoms with Crippen molar-refractivity contribution in [1.82, 2.24) is 4.98 Å². The van der Waals surface area contributed by atoms with Gasteiger partial charge in [0.25, 0.3) is 0 Å². The van der Waals surface area contributed by atoms with Gasteiger partial charge < -0.3 is 14.5 Å². The van der Waals surface area contributed by atoms with Crippen LogP contribution in [0.1, 0.15) is 24.8 Å². The van der Waals surface area contributed by atoms with Gasteiger partial charge in [-0.15, -0.1) is 0 Å². The van der Waals surface area contributed by atoms with E-state index in [1.165, 1.54) is 0 Å². The van der Waals surface area contributed by atoms with E-state index in [0.717, 1.165) is 24.1 Å². The Bertz CT molecular complexity index is 922. The Morgan fingerprint density at radius 3 is 2.67 bits per heavy atom. The third kappa shape index (κ3) is 4.68. The lowest BCUT2D eigenvalue weighted by molar-refractivity contribution is -0.115. The van der Waals surface area contributed by atoms with Crippen LogP contribution in [-0.2, 0) is 17.6 Å². The zero-order chi connectivity index (χ0) is 19.2. The molecule has 0 aliphatic rings. The molecule has 140 valence electrons. The number of hydrogen-bond acceptors (Lipinski definition) is 4. The predicted molar refractivity (Wildman–Crippen MR) is 106 cm³/mol. The molecule has 3 rings (SSSR count). The molecule has 6 heteroatoms. The number of benzene rings is 2. The van der Waals surface area contributed by atoms with E-state index in [9.17, 15) is 4.79 Å². The zero-order valence-corrected chi connectivity index (χ0v) is 16.0. The molecular weight excluding hydrogens is 364 g/mol. The fourth-order valence-electron chi connectivity index (χ4n) is 2.75. The second-order valence-electron chi connectivity index (χ2n) is 6.08. The molecule has 0 saturated heterocycles. The molecular formula is C21H21ClN2O3. The van der Waals surface area contributed by atoms with Crippen molar-refractivity contribution in [3.05, 3.63) is 65.0 Å². The molecule has 1 N–H and O–H groups in total. The van der Waals surface area contributed by atoms with Crippen LogP contribution in [0.25, 0.3) is 11.5 Å². The second kappa shape index (κ2) is 8.73. The van der Waals surface area contributed by atoms with E-state index in [1.807, 2.05) is 30.3 Å². The van der Waals surface area contributed by atoms with Gasteiger partial charge in [-0.1, -0.05) is 43.1 Å². The Morgan fingerprint density at radius 2 is 2.00 bits per heavy atom. The largest absolute Gasteiger partial charge is 0.495 e. The van der Waals surface area contributed by atoms with Crippen molar-refractivity contribution in [3.63, 3.8) is 0 Å². The maximum Gasteiger partial charge on any atom is 0.232 e. The average molecular weight is 385 g/mol. The van der Waals surface area contributed by atoms with Crippen LogP contribution in [0.2, 0.25) is 5.02 Å². The molecule has 0 aliphatic carbocycles. The predicted octanol–water partition coefficient (Wildman–Crippen LogP) is 5.14. The minimum Gasteiger partial charge on any atom is -0.495 e. The first kappa shape index (κ1) is 19.0. The number of aromatic nitrogens is 1. The number of anilines is 1. The molecule has 27 heavy (non-hydrogen) atoms. The molecule has 3 aromatic rings. The van der Waals surface area contributed by atoms with Crippen LogP contribution in [0, 0.1) is 0 Å². The van der Waals surface area contributed by atoms with Crippen molar-refractivity contribution in [1.29, 1.82) is 0 Å². The van der Waals surface area contributed by atoms with Crippen molar-refractivity contribution in [2.45, 2.75) is 26.2 Å². The van der Waals surface area contributed by atoms with Crippen molar-refractivity contribution in [3.8, 4) is 17.2 Å². The first-order valence-electron chi connectivity index (χ1n) is 8.78. The lowest BCUT2D eigenvalue weighted by Gasteiger charge is -2.07. The summed E-state index contributed by atoms with van der Waals surface area (Å²) in [6, 6.07) is 14.8. The van der Waals surface area contributed by atoms with Crippen molar-refractivity contribution >= 4 is 23.2 Å². The SMILES string of the molecule is CCCc1nc(-c2ccccc2)oc1CC(=O)Nc1ccc(OC)c(Cl)c1. The highest BCUT2D eigenvalue weighted by Crippen LogP contribution is 2.28. The van der Waals surface area contributed by atoms with Crippen LogP contribution in [0.15, 0.2) is 52.9 Å². The highest BCUT2D eigenvalue weighted by atomic mass is 35.5. The van der Waals surface area contributed by atoms with Gasteiger partial charge in [-0.3, -0.25) is 4.79 Å². The van der Waals surface area contributed by atoms with E-state index in [0.29, 0.717) is 28.1 Å². The number of amides is 1. The first-order valence-corrected chi connectivity index (χ1v) is 9.16. The van der Waals surface area contributed by atoms with Crippen LogP contribution in [0.3, 0.4) is 0 Å². The minimum atomic E-state index is -0.190. The van der Waals surface area contributed by atoms with E-state index in [-0.39, 0.29) is 12.3 Å². The molecule has 0 unspecified atom stereocenters. The smallest absolute Gasteiger partial charge is 0.232 e. The number of rotatable bonds is 7. The molecule has 0 saturated carbocycles. The number of halogens is 1. The number of oxazole rings is 1. The summed E-state index contributed by atoms with van der Waals surface area (Å²) in [5.74, 6) is 1.49. The van der Waals surface area contributed by atoms with Crippen molar-refractivity contribution in [2.24, 2.45) is 0 Å². The van der Waals surface area contributed by atoms with Gasteiger partial charge in [0, 0.05) is 11.3 Å². The number of aryl methyl sites for hydroxylation is 1. The molecule has 0 bridgehead atoms. The summed E-state index contributed by atoms with van der Waals surface area (Å²) in [7, 11) is 1.54. The van der Waals surface area contributed by atoms with Gasteiger partial charge in [0.05, 0.1) is 24.2 Å². The molecule has 0 fully saturated rings. The number of hydrogen-bond donors (Lipinski definition) is 1. The van der Waals surface area contributed by atoms with Crippen molar-refractivity contribution < 1.29 is 13.9 Å². The maximum atomic E-state index is 12.5. The molecule has 1 amide bonds. The van der Waals surface area contributed by atoms with Gasteiger partial charge in [-0.05, 0) is 36.8 Å². The van der Waals surface area contributed by atoms with E-state index in [1.54, 1.807) is 25.3 Å². The molecule has 0 atom stereocenters. The van der Waals surface area contributed by atoms with Gasteiger partial charge in [0.15, 0.2) is 0 Å². The molecule has 1 heterocycles. The summed E-state index contributed by atoms with van der Waals surface area (Å²) < 4.78 is 11.0. The Hall–Kier alpha value is -2.79. The number of methoxy groups -OCH3 is 1. The molecule has 0 spiro atoms. The van der Waals surface area contributed by atoms with Crippen molar-refractivity contribution in [2.75, 3.05) is 12.4 Å². The van der Waals surface area contributed by atoms with E-state index < -0.39 is 0 Å². The third-order valence-electron chi connectivity index (χ3n) is 4.04. The summed E-state index contributed by atoms with van der Waals surface area (Å²) in [5.41, 5.74) is 2.31. The number of ether oxygens (including phenoxy) is 1. The quantitative estimate of drug-likeness (QED) is 0.612. The monoisotopic (exact) mass is 384 g/mol.